The standard InChI is InChI=1S/C14H13N5O/c1-10-9-13(17-16-10)15-14(20)12-7-8-19(18-12)11-5-3-2-4-6-11/h2-9H,1H3,(H2,15,16,17,20). The van der Waals surface area contributed by atoms with Crippen molar-refractivity contribution in [3.8, 4) is 5.69 Å². The van der Waals surface area contributed by atoms with Gasteiger partial charge in [-0.2, -0.15) is 10.2 Å². The summed E-state index contributed by atoms with van der Waals surface area (Å²) in [6, 6.07) is 13.0. The fourth-order valence-corrected chi connectivity index (χ4v) is 1.83. The Bertz CT molecular complexity index is 729. The van der Waals surface area contributed by atoms with E-state index in [1.807, 2.05) is 37.3 Å². The highest BCUT2D eigenvalue weighted by molar-refractivity contribution is 6.02. The summed E-state index contributed by atoms with van der Waals surface area (Å²) in [6.45, 7) is 1.87. The average molecular weight is 267 g/mol. The summed E-state index contributed by atoms with van der Waals surface area (Å²) in [7, 11) is 0. The first kappa shape index (κ1) is 12.2. The Morgan fingerprint density at radius 2 is 2.05 bits per heavy atom. The molecule has 0 aliphatic rings. The number of hydrogen-bond acceptors (Lipinski definition) is 3. The number of carbonyl (C=O) groups is 1. The molecule has 2 N–H and O–H groups in total. The molecule has 1 amide bonds. The zero-order chi connectivity index (χ0) is 13.9. The van der Waals surface area contributed by atoms with Crippen molar-refractivity contribution in [1.82, 2.24) is 20.0 Å². The molecule has 6 nitrogen and oxygen atoms in total. The molecule has 0 saturated heterocycles. The zero-order valence-electron chi connectivity index (χ0n) is 10.9. The van der Waals surface area contributed by atoms with E-state index in [9.17, 15) is 4.79 Å². The van der Waals surface area contributed by atoms with Gasteiger partial charge in [-0.05, 0) is 25.1 Å². The van der Waals surface area contributed by atoms with E-state index in [2.05, 4.69) is 20.6 Å². The number of aryl methyl sites for hydroxylation is 1. The zero-order valence-corrected chi connectivity index (χ0v) is 10.9. The van der Waals surface area contributed by atoms with E-state index in [-0.39, 0.29) is 5.91 Å². The van der Waals surface area contributed by atoms with E-state index in [4.69, 9.17) is 0 Å². The SMILES string of the molecule is Cc1cc(NC(=O)c2ccn(-c3ccccc3)n2)n[nH]1. The Morgan fingerprint density at radius 3 is 2.75 bits per heavy atom. The van der Waals surface area contributed by atoms with E-state index in [0.29, 0.717) is 11.5 Å². The molecule has 0 fully saturated rings. The van der Waals surface area contributed by atoms with Crippen molar-refractivity contribution in [1.29, 1.82) is 0 Å². The summed E-state index contributed by atoms with van der Waals surface area (Å²) in [6.07, 6.45) is 1.75. The van der Waals surface area contributed by atoms with Crippen LogP contribution in [0.15, 0.2) is 48.7 Å². The van der Waals surface area contributed by atoms with Gasteiger partial charge in [-0.3, -0.25) is 9.89 Å². The second-order valence-electron chi connectivity index (χ2n) is 4.37. The van der Waals surface area contributed by atoms with E-state index in [1.54, 1.807) is 23.0 Å². The smallest absolute Gasteiger partial charge is 0.277 e. The maximum Gasteiger partial charge on any atom is 0.277 e. The molecular weight excluding hydrogens is 254 g/mol. The second kappa shape index (κ2) is 5.00. The Morgan fingerprint density at radius 1 is 1.25 bits per heavy atom. The predicted molar refractivity (Wildman–Crippen MR) is 74.8 cm³/mol. The number of benzene rings is 1. The highest BCUT2D eigenvalue weighted by Gasteiger charge is 2.11. The Kier molecular flexibility index (Phi) is 3.04. The molecule has 1 aromatic carbocycles. The first-order valence-electron chi connectivity index (χ1n) is 6.17. The number of para-hydroxylation sites is 1. The minimum atomic E-state index is -0.286. The molecule has 0 spiro atoms. The van der Waals surface area contributed by atoms with Gasteiger partial charge in [0.2, 0.25) is 0 Å². The quantitative estimate of drug-likeness (QED) is 0.763. The highest BCUT2D eigenvalue weighted by atomic mass is 16.2. The first-order chi connectivity index (χ1) is 9.72. The largest absolute Gasteiger partial charge is 0.304 e. The van der Waals surface area contributed by atoms with Gasteiger partial charge in [-0.25, -0.2) is 4.68 Å². The number of aromatic amines is 1. The molecule has 6 heteroatoms. The molecule has 0 saturated carbocycles. The lowest BCUT2D eigenvalue weighted by Gasteiger charge is -2.00. The van der Waals surface area contributed by atoms with Gasteiger partial charge in [0, 0.05) is 18.0 Å². The summed E-state index contributed by atoms with van der Waals surface area (Å²) in [5.74, 6) is 0.202. The van der Waals surface area contributed by atoms with Crippen LogP contribution >= 0.6 is 0 Å². The van der Waals surface area contributed by atoms with Gasteiger partial charge in [0.25, 0.3) is 5.91 Å². The third-order valence-electron chi connectivity index (χ3n) is 2.79. The molecule has 3 aromatic rings. The Hall–Kier alpha value is -2.89. The molecule has 0 radical (unpaired) electrons. The molecule has 2 heterocycles. The number of anilines is 1. The van der Waals surface area contributed by atoms with E-state index < -0.39 is 0 Å². The Balaban J connectivity index is 1.78. The lowest BCUT2D eigenvalue weighted by atomic mass is 10.3. The molecule has 20 heavy (non-hydrogen) atoms. The summed E-state index contributed by atoms with van der Waals surface area (Å²) in [4.78, 5) is 12.0. The van der Waals surface area contributed by atoms with Crippen molar-refractivity contribution in [2.75, 3.05) is 5.32 Å². The number of nitrogens with one attached hydrogen (secondary N) is 2. The van der Waals surface area contributed by atoms with Crippen molar-refractivity contribution in [2.24, 2.45) is 0 Å². The number of carbonyl (C=O) groups excluding carboxylic acids is 1. The van der Waals surface area contributed by atoms with Crippen molar-refractivity contribution in [2.45, 2.75) is 6.92 Å². The van der Waals surface area contributed by atoms with Crippen LogP contribution < -0.4 is 5.32 Å². The number of amides is 1. The number of aromatic nitrogens is 4. The summed E-state index contributed by atoms with van der Waals surface area (Å²) < 4.78 is 1.66. The summed E-state index contributed by atoms with van der Waals surface area (Å²) in [5.41, 5.74) is 2.13. The number of rotatable bonds is 3. The van der Waals surface area contributed by atoms with Gasteiger partial charge in [-0.15, -0.1) is 0 Å². The third kappa shape index (κ3) is 2.44. The lowest BCUT2D eigenvalue weighted by Crippen LogP contribution is -2.13. The molecule has 2 aromatic heterocycles. The van der Waals surface area contributed by atoms with Crippen LogP contribution in [-0.2, 0) is 0 Å². The van der Waals surface area contributed by atoms with E-state index in [1.165, 1.54) is 0 Å². The molecule has 3 rings (SSSR count). The number of hydrogen-bond donors (Lipinski definition) is 2. The average Bonchev–Trinajstić information content (AvgIpc) is 3.09. The van der Waals surface area contributed by atoms with Gasteiger partial charge in [0.15, 0.2) is 11.5 Å². The van der Waals surface area contributed by atoms with E-state index >= 15 is 0 Å². The van der Waals surface area contributed by atoms with Crippen molar-refractivity contribution < 1.29 is 4.79 Å². The van der Waals surface area contributed by atoms with Gasteiger partial charge in [-0.1, -0.05) is 18.2 Å². The van der Waals surface area contributed by atoms with Gasteiger partial charge in [0.05, 0.1) is 5.69 Å². The van der Waals surface area contributed by atoms with Crippen LogP contribution in [0.4, 0.5) is 5.82 Å². The summed E-state index contributed by atoms with van der Waals surface area (Å²) >= 11 is 0. The van der Waals surface area contributed by atoms with Crippen LogP contribution in [0.1, 0.15) is 16.2 Å². The molecule has 0 unspecified atom stereocenters. The van der Waals surface area contributed by atoms with Crippen molar-refractivity contribution in [3.63, 3.8) is 0 Å². The van der Waals surface area contributed by atoms with Crippen LogP contribution in [0.2, 0.25) is 0 Å². The van der Waals surface area contributed by atoms with Crippen LogP contribution in [0, 0.1) is 6.92 Å². The minimum absolute atomic E-state index is 0.286. The number of nitrogens with zero attached hydrogens (tertiary/aromatic N) is 3. The van der Waals surface area contributed by atoms with Gasteiger partial charge in [0.1, 0.15) is 0 Å². The topological polar surface area (TPSA) is 75.6 Å². The van der Waals surface area contributed by atoms with Crippen molar-refractivity contribution >= 4 is 11.7 Å². The highest BCUT2D eigenvalue weighted by Crippen LogP contribution is 2.09. The maximum absolute atomic E-state index is 12.0. The van der Waals surface area contributed by atoms with E-state index in [0.717, 1.165) is 11.4 Å². The Labute approximate surface area is 115 Å². The fourth-order valence-electron chi connectivity index (χ4n) is 1.83. The molecule has 0 atom stereocenters. The van der Waals surface area contributed by atoms with Crippen LogP contribution in [0.3, 0.4) is 0 Å². The fraction of sp³-hybridized carbons (Fsp3) is 0.0714. The lowest BCUT2D eigenvalue weighted by molar-refractivity contribution is 0.102. The van der Waals surface area contributed by atoms with Crippen LogP contribution in [0.5, 0.6) is 0 Å². The molecule has 0 aliphatic carbocycles. The van der Waals surface area contributed by atoms with Gasteiger partial charge < -0.3 is 5.32 Å². The molecular formula is C14H13N5O. The van der Waals surface area contributed by atoms with Crippen LogP contribution in [0.25, 0.3) is 5.69 Å². The predicted octanol–water partition coefficient (Wildman–Crippen LogP) is 2.16. The molecule has 100 valence electrons. The number of H-pyrrole nitrogens is 1. The molecule has 0 aliphatic heterocycles. The maximum atomic E-state index is 12.0. The van der Waals surface area contributed by atoms with Crippen LogP contribution in [-0.4, -0.2) is 25.9 Å². The van der Waals surface area contributed by atoms with Gasteiger partial charge >= 0.3 is 0 Å². The normalized spacial score (nSPS) is 10.4. The van der Waals surface area contributed by atoms with Crippen molar-refractivity contribution in [3.05, 3.63) is 60.0 Å². The summed E-state index contributed by atoms with van der Waals surface area (Å²) in [5, 5.41) is 13.7. The first-order valence-corrected chi connectivity index (χ1v) is 6.17. The molecule has 0 bridgehead atoms. The second-order valence-corrected chi connectivity index (χ2v) is 4.37. The monoisotopic (exact) mass is 267 g/mol. The minimum Gasteiger partial charge on any atom is -0.304 e. The third-order valence-corrected chi connectivity index (χ3v) is 2.79.